The van der Waals surface area contributed by atoms with E-state index in [-0.39, 0.29) is 0 Å². The second-order valence-corrected chi connectivity index (χ2v) is 7.71. The first-order valence-electron chi connectivity index (χ1n) is 8.54. The maximum absolute atomic E-state index is 6.09. The summed E-state index contributed by atoms with van der Waals surface area (Å²) >= 11 is 7.83. The van der Waals surface area contributed by atoms with Crippen LogP contribution < -0.4 is 0 Å². The number of aliphatic imine (C=N–C) groups is 1. The molecule has 0 atom stereocenters. The van der Waals surface area contributed by atoms with Crippen LogP contribution in [0.4, 0.5) is 5.69 Å². The van der Waals surface area contributed by atoms with Gasteiger partial charge in [0.1, 0.15) is 5.82 Å². The van der Waals surface area contributed by atoms with Crippen LogP contribution in [0.3, 0.4) is 0 Å². The fourth-order valence-corrected chi connectivity index (χ4v) is 4.27. The largest absolute Gasteiger partial charge is 0.345 e. The molecular weight excluding hydrogens is 374 g/mol. The van der Waals surface area contributed by atoms with Crippen molar-refractivity contribution >= 4 is 34.8 Å². The molecule has 3 nitrogen and oxygen atoms in total. The fraction of sp³-hybridized carbons (Fsp3) is 0. The predicted molar refractivity (Wildman–Crippen MR) is 111 cm³/mol. The first kappa shape index (κ1) is 16.4. The molecule has 0 amide bonds. The number of fused-ring (bicyclic) bond motifs is 2. The molecule has 0 aliphatic carbocycles. The van der Waals surface area contributed by atoms with Gasteiger partial charge in [0.05, 0.1) is 11.4 Å². The average molecular weight is 388 g/mol. The summed E-state index contributed by atoms with van der Waals surface area (Å²) in [5, 5.41) is 0.719. The third kappa shape index (κ3) is 3.07. The Balaban J connectivity index is 1.72. The van der Waals surface area contributed by atoms with E-state index in [4.69, 9.17) is 16.6 Å². The number of benzene rings is 3. The number of rotatable bonds is 2. The Morgan fingerprint density at radius 1 is 0.852 bits per heavy atom. The van der Waals surface area contributed by atoms with Gasteiger partial charge in [0.25, 0.3) is 0 Å². The summed E-state index contributed by atoms with van der Waals surface area (Å²) in [6, 6.07) is 22.5. The maximum Gasteiger partial charge on any atom is 0.137 e. The number of aromatic nitrogens is 2. The molecule has 27 heavy (non-hydrogen) atoms. The number of H-pyrrole nitrogens is 1. The zero-order chi connectivity index (χ0) is 18.2. The Bertz CT molecular complexity index is 1150. The second-order valence-electron chi connectivity index (χ2n) is 6.19. The highest BCUT2D eigenvalue weighted by Crippen LogP contribution is 2.42. The van der Waals surface area contributed by atoms with Crippen molar-refractivity contribution in [3.8, 4) is 11.4 Å². The summed E-state index contributed by atoms with van der Waals surface area (Å²) in [7, 11) is 0. The molecule has 0 bridgehead atoms. The Morgan fingerprint density at radius 2 is 1.67 bits per heavy atom. The third-order valence-corrected chi connectivity index (χ3v) is 5.84. The van der Waals surface area contributed by atoms with Crippen molar-refractivity contribution in [3.63, 3.8) is 0 Å². The van der Waals surface area contributed by atoms with Crippen LogP contribution in [0, 0.1) is 0 Å². The zero-order valence-electron chi connectivity index (χ0n) is 14.2. The normalized spacial score (nSPS) is 12.7. The van der Waals surface area contributed by atoms with Crippen molar-refractivity contribution in [2.45, 2.75) is 9.79 Å². The van der Waals surface area contributed by atoms with Gasteiger partial charge >= 0.3 is 0 Å². The number of imidazole rings is 1. The minimum Gasteiger partial charge on any atom is -0.345 e. The van der Waals surface area contributed by atoms with Gasteiger partial charge in [-0.3, -0.25) is 0 Å². The molecule has 3 aromatic carbocycles. The molecule has 0 spiro atoms. The molecule has 0 saturated carbocycles. The minimum atomic E-state index is 0.719. The van der Waals surface area contributed by atoms with E-state index in [0.29, 0.717) is 0 Å². The Morgan fingerprint density at radius 3 is 2.48 bits per heavy atom. The van der Waals surface area contributed by atoms with E-state index in [1.165, 1.54) is 4.90 Å². The van der Waals surface area contributed by atoms with Gasteiger partial charge in [-0.05, 0) is 36.4 Å². The predicted octanol–water partition coefficient (Wildman–Crippen LogP) is 6.36. The standard InChI is InChI=1S/C22H14ClN3S/c23-16-8-5-14(6-9-16)21-17-3-1-2-4-19(17)27-20-10-7-15(13-18(20)26-21)22-24-11-12-25-22/h1-13H,(H,24,25). The van der Waals surface area contributed by atoms with Crippen LogP contribution in [0.15, 0.2) is 93.9 Å². The molecule has 1 N–H and O–H groups in total. The smallest absolute Gasteiger partial charge is 0.137 e. The minimum absolute atomic E-state index is 0.719. The number of hydrogen-bond donors (Lipinski definition) is 1. The van der Waals surface area contributed by atoms with E-state index in [2.05, 4.69) is 52.4 Å². The van der Waals surface area contributed by atoms with Crippen LogP contribution >= 0.6 is 23.4 Å². The van der Waals surface area contributed by atoms with Crippen molar-refractivity contribution in [2.24, 2.45) is 4.99 Å². The molecule has 0 radical (unpaired) electrons. The fourth-order valence-electron chi connectivity index (χ4n) is 3.14. The summed E-state index contributed by atoms with van der Waals surface area (Å²) in [6.45, 7) is 0. The molecular formula is C22H14ClN3S. The zero-order valence-corrected chi connectivity index (χ0v) is 15.8. The number of halogens is 1. The molecule has 1 aliphatic heterocycles. The van der Waals surface area contributed by atoms with Gasteiger partial charge in [-0.2, -0.15) is 0 Å². The van der Waals surface area contributed by atoms with Crippen molar-refractivity contribution in [1.82, 2.24) is 9.97 Å². The van der Waals surface area contributed by atoms with Crippen LogP contribution in [0.2, 0.25) is 5.02 Å². The monoisotopic (exact) mass is 387 g/mol. The molecule has 4 aromatic rings. The molecule has 5 rings (SSSR count). The van der Waals surface area contributed by atoms with E-state index >= 15 is 0 Å². The molecule has 0 fully saturated rings. The van der Waals surface area contributed by atoms with Crippen molar-refractivity contribution in [3.05, 3.63) is 95.3 Å². The van der Waals surface area contributed by atoms with E-state index in [1.54, 1.807) is 18.0 Å². The van der Waals surface area contributed by atoms with Gasteiger partial charge < -0.3 is 4.98 Å². The molecule has 0 saturated heterocycles. The van der Waals surface area contributed by atoms with Crippen LogP contribution in [0.5, 0.6) is 0 Å². The Kier molecular flexibility index (Phi) is 4.07. The first-order chi connectivity index (χ1) is 13.3. The highest BCUT2D eigenvalue weighted by Gasteiger charge is 2.19. The van der Waals surface area contributed by atoms with E-state index in [0.717, 1.165) is 43.8 Å². The molecule has 2 heterocycles. The molecule has 130 valence electrons. The summed E-state index contributed by atoms with van der Waals surface area (Å²) in [6.07, 6.45) is 3.59. The highest BCUT2D eigenvalue weighted by molar-refractivity contribution is 7.99. The lowest BCUT2D eigenvalue weighted by molar-refractivity contribution is 1.29. The summed E-state index contributed by atoms with van der Waals surface area (Å²) < 4.78 is 0. The van der Waals surface area contributed by atoms with Crippen LogP contribution in [-0.2, 0) is 0 Å². The summed E-state index contributed by atoms with van der Waals surface area (Å²) in [4.78, 5) is 14.9. The van der Waals surface area contributed by atoms with E-state index in [9.17, 15) is 0 Å². The summed E-state index contributed by atoms with van der Waals surface area (Å²) in [5.41, 5.74) is 5.08. The number of nitrogens with one attached hydrogen (secondary N) is 1. The SMILES string of the molecule is Clc1ccc(C2=Nc3cc(-c4ncc[nH]4)ccc3Sc3ccccc32)cc1. The van der Waals surface area contributed by atoms with Gasteiger partial charge in [-0.25, -0.2) is 9.98 Å². The van der Waals surface area contributed by atoms with Crippen LogP contribution in [-0.4, -0.2) is 15.7 Å². The van der Waals surface area contributed by atoms with Gasteiger partial charge in [-0.15, -0.1) is 0 Å². The summed E-state index contributed by atoms with van der Waals surface area (Å²) in [5.74, 6) is 0.841. The number of aromatic amines is 1. The topological polar surface area (TPSA) is 41.0 Å². The lowest BCUT2D eigenvalue weighted by atomic mass is 10.0. The Labute approximate surface area is 166 Å². The molecule has 1 aromatic heterocycles. The van der Waals surface area contributed by atoms with Crippen molar-refractivity contribution < 1.29 is 0 Å². The lowest BCUT2D eigenvalue weighted by Crippen LogP contribution is -2.03. The second kappa shape index (κ2) is 6.72. The number of hydrogen-bond acceptors (Lipinski definition) is 3. The molecule has 5 heteroatoms. The maximum atomic E-state index is 6.09. The molecule has 0 unspecified atom stereocenters. The Hall–Kier alpha value is -2.82. The quantitative estimate of drug-likeness (QED) is 0.382. The van der Waals surface area contributed by atoms with Gasteiger partial charge in [-0.1, -0.05) is 53.7 Å². The average Bonchev–Trinajstić information content (AvgIpc) is 3.18. The van der Waals surface area contributed by atoms with Crippen LogP contribution in [0.25, 0.3) is 11.4 Å². The van der Waals surface area contributed by atoms with Crippen molar-refractivity contribution in [2.75, 3.05) is 0 Å². The molecule has 1 aliphatic rings. The third-order valence-electron chi connectivity index (χ3n) is 4.44. The van der Waals surface area contributed by atoms with E-state index in [1.807, 2.05) is 30.5 Å². The highest BCUT2D eigenvalue weighted by atomic mass is 35.5. The van der Waals surface area contributed by atoms with Crippen LogP contribution in [0.1, 0.15) is 11.1 Å². The number of nitrogens with zero attached hydrogens (tertiary/aromatic N) is 2. The van der Waals surface area contributed by atoms with E-state index < -0.39 is 0 Å². The lowest BCUT2D eigenvalue weighted by Gasteiger charge is -2.09. The first-order valence-corrected chi connectivity index (χ1v) is 9.73. The van der Waals surface area contributed by atoms with Gasteiger partial charge in [0.15, 0.2) is 0 Å². The van der Waals surface area contributed by atoms with Gasteiger partial charge in [0, 0.05) is 43.9 Å². The van der Waals surface area contributed by atoms with Gasteiger partial charge in [0.2, 0.25) is 0 Å². The van der Waals surface area contributed by atoms with Crippen molar-refractivity contribution in [1.29, 1.82) is 0 Å².